The number of halogens is 1. The van der Waals surface area contributed by atoms with Crippen molar-refractivity contribution in [3.63, 3.8) is 0 Å². The van der Waals surface area contributed by atoms with Crippen LogP contribution in [0.25, 0.3) is 0 Å². The second kappa shape index (κ2) is 6.95. The van der Waals surface area contributed by atoms with E-state index in [1.165, 1.54) is 12.1 Å². The lowest BCUT2D eigenvalue weighted by molar-refractivity contribution is -0.120. The lowest BCUT2D eigenvalue weighted by atomic mass is 9.86. The highest BCUT2D eigenvalue weighted by molar-refractivity contribution is 6.31. The van der Waals surface area contributed by atoms with Crippen molar-refractivity contribution in [3.05, 3.63) is 28.8 Å². The molecule has 1 aliphatic carbocycles. The number of nitrogens with one attached hydrogen (secondary N) is 1. The summed E-state index contributed by atoms with van der Waals surface area (Å²) in [4.78, 5) is 11.9. The molecule has 2 atom stereocenters. The van der Waals surface area contributed by atoms with Gasteiger partial charge in [-0.1, -0.05) is 30.5 Å². The van der Waals surface area contributed by atoms with E-state index in [1.54, 1.807) is 6.07 Å². The number of carbonyl (C=O) groups excluding carboxylic acids is 1. The van der Waals surface area contributed by atoms with Crippen LogP contribution in [0.1, 0.15) is 31.2 Å². The quantitative estimate of drug-likeness (QED) is 0.798. The van der Waals surface area contributed by atoms with Crippen molar-refractivity contribution in [1.82, 2.24) is 5.32 Å². The van der Waals surface area contributed by atoms with Crippen LogP contribution in [-0.2, 0) is 11.2 Å². The summed E-state index contributed by atoms with van der Waals surface area (Å²) in [5, 5.41) is 22.3. The fourth-order valence-electron chi connectivity index (χ4n) is 2.59. The van der Waals surface area contributed by atoms with Crippen LogP contribution in [0.3, 0.4) is 0 Å². The van der Waals surface area contributed by atoms with E-state index in [-0.39, 0.29) is 30.1 Å². The molecule has 5 heteroatoms. The standard InChI is InChI=1S/C15H20ClNO3/c16-13-8-12(18)6-5-10(13)7-15(20)17-9-11-3-1-2-4-14(11)19/h5-6,8,11,14,18-19H,1-4,7,9H2,(H,17,20). The van der Waals surface area contributed by atoms with E-state index in [2.05, 4.69) is 5.32 Å². The second-order valence-electron chi connectivity index (χ2n) is 5.37. The van der Waals surface area contributed by atoms with E-state index in [9.17, 15) is 15.0 Å². The predicted molar refractivity (Wildman–Crippen MR) is 77.8 cm³/mol. The van der Waals surface area contributed by atoms with Crippen LogP contribution in [-0.4, -0.2) is 28.8 Å². The van der Waals surface area contributed by atoms with Crippen molar-refractivity contribution in [1.29, 1.82) is 0 Å². The number of carbonyl (C=O) groups is 1. The molecule has 0 bridgehead atoms. The van der Waals surface area contributed by atoms with Gasteiger partial charge in [-0.3, -0.25) is 4.79 Å². The van der Waals surface area contributed by atoms with Crippen molar-refractivity contribution in [2.75, 3.05) is 6.54 Å². The van der Waals surface area contributed by atoms with Gasteiger partial charge >= 0.3 is 0 Å². The molecule has 1 aliphatic rings. The number of phenolic OH excluding ortho intramolecular Hbond substituents is 1. The van der Waals surface area contributed by atoms with Crippen LogP contribution in [0, 0.1) is 5.92 Å². The van der Waals surface area contributed by atoms with Gasteiger partial charge in [0.2, 0.25) is 5.91 Å². The number of hydrogen-bond donors (Lipinski definition) is 3. The largest absolute Gasteiger partial charge is 0.508 e. The lowest BCUT2D eigenvalue weighted by Crippen LogP contribution is -2.37. The van der Waals surface area contributed by atoms with Crippen LogP contribution >= 0.6 is 11.6 Å². The summed E-state index contributed by atoms with van der Waals surface area (Å²) >= 11 is 5.97. The Kier molecular flexibility index (Phi) is 5.26. The molecule has 0 radical (unpaired) electrons. The molecular weight excluding hydrogens is 278 g/mol. The number of aromatic hydroxyl groups is 1. The third-order valence-corrected chi connectivity index (χ3v) is 4.17. The molecule has 0 aromatic heterocycles. The molecule has 20 heavy (non-hydrogen) atoms. The summed E-state index contributed by atoms with van der Waals surface area (Å²) in [6, 6.07) is 4.58. The number of amides is 1. The number of aliphatic hydroxyl groups excluding tert-OH is 1. The predicted octanol–water partition coefficient (Wildman–Crippen LogP) is 2.26. The van der Waals surface area contributed by atoms with Gasteiger partial charge in [0, 0.05) is 17.5 Å². The fraction of sp³-hybridized carbons (Fsp3) is 0.533. The molecule has 0 spiro atoms. The Labute approximate surface area is 123 Å². The lowest BCUT2D eigenvalue weighted by Gasteiger charge is -2.27. The summed E-state index contributed by atoms with van der Waals surface area (Å²) in [5.41, 5.74) is 0.686. The fourth-order valence-corrected chi connectivity index (χ4v) is 2.83. The summed E-state index contributed by atoms with van der Waals surface area (Å²) < 4.78 is 0. The van der Waals surface area contributed by atoms with Gasteiger partial charge < -0.3 is 15.5 Å². The monoisotopic (exact) mass is 297 g/mol. The second-order valence-corrected chi connectivity index (χ2v) is 5.78. The molecule has 3 N–H and O–H groups in total. The third kappa shape index (κ3) is 4.12. The maximum absolute atomic E-state index is 11.9. The van der Waals surface area contributed by atoms with E-state index >= 15 is 0 Å². The molecule has 1 aromatic rings. The van der Waals surface area contributed by atoms with Crippen molar-refractivity contribution >= 4 is 17.5 Å². The minimum absolute atomic E-state index is 0.0875. The molecule has 0 heterocycles. The first kappa shape index (κ1) is 15.1. The number of rotatable bonds is 4. The van der Waals surface area contributed by atoms with E-state index in [1.807, 2.05) is 0 Å². The Morgan fingerprint density at radius 1 is 1.35 bits per heavy atom. The maximum Gasteiger partial charge on any atom is 0.224 e. The Morgan fingerprint density at radius 3 is 2.80 bits per heavy atom. The van der Waals surface area contributed by atoms with Crippen molar-refractivity contribution in [2.24, 2.45) is 5.92 Å². The molecule has 1 aromatic carbocycles. The van der Waals surface area contributed by atoms with E-state index in [0.29, 0.717) is 17.1 Å². The van der Waals surface area contributed by atoms with E-state index in [4.69, 9.17) is 11.6 Å². The minimum Gasteiger partial charge on any atom is -0.508 e. The van der Waals surface area contributed by atoms with Gasteiger partial charge in [-0.15, -0.1) is 0 Å². The SMILES string of the molecule is O=C(Cc1ccc(O)cc1Cl)NCC1CCCCC1O. The molecule has 1 fully saturated rings. The molecule has 2 rings (SSSR count). The highest BCUT2D eigenvalue weighted by atomic mass is 35.5. The Morgan fingerprint density at radius 2 is 2.10 bits per heavy atom. The molecular formula is C15H20ClNO3. The average Bonchev–Trinajstić information content (AvgIpc) is 2.41. The van der Waals surface area contributed by atoms with Crippen LogP contribution in [0.4, 0.5) is 0 Å². The zero-order valence-electron chi connectivity index (χ0n) is 11.3. The van der Waals surface area contributed by atoms with Crippen LogP contribution < -0.4 is 5.32 Å². The Balaban J connectivity index is 1.83. The van der Waals surface area contributed by atoms with Gasteiger partial charge in [0.05, 0.1) is 12.5 Å². The van der Waals surface area contributed by atoms with Gasteiger partial charge in [-0.2, -0.15) is 0 Å². The zero-order valence-corrected chi connectivity index (χ0v) is 12.1. The summed E-state index contributed by atoms with van der Waals surface area (Å²) in [6.07, 6.45) is 3.84. The normalized spacial score (nSPS) is 22.5. The first-order valence-electron chi connectivity index (χ1n) is 6.98. The number of hydrogen-bond acceptors (Lipinski definition) is 3. The molecule has 4 nitrogen and oxygen atoms in total. The molecule has 2 unspecified atom stereocenters. The van der Waals surface area contributed by atoms with Gasteiger partial charge in [0.1, 0.15) is 5.75 Å². The highest BCUT2D eigenvalue weighted by Crippen LogP contribution is 2.24. The van der Waals surface area contributed by atoms with Gasteiger partial charge in [0.25, 0.3) is 0 Å². The maximum atomic E-state index is 11.9. The Hall–Kier alpha value is -1.26. The zero-order chi connectivity index (χ0) is 14.5. The van der Waals surface area contributed by atoms with Crippen LogP contribution in [0.2, 0.25) is 5.02 Å². The molecule has 0 saturated heterocycles. The molecule has 1 saturated carbocycles. The van der Waals surface area contributed by atoms with Gasteiger partial charge in [-0.05, 0) is 30.5 Å². The highest BCUT2D eigenvalue weighted by Gasteiger charge is 2.23. The average molecular weight is 298 g/mol. The van der Waals surface area contributed by atoms with Crippen LogP contribution in [0.15, 0.2) is 18.2 Å². The summed E-state index contributed by atoms with van der Waals surface area (Å²) in [5.74, 6) is 0.128. The van der Waals surface area contributed by atoms with Crippen molar-refractivity contribution < 1.29 is 15.0 Å². The summed E-state index contributed by atoms with van der Waals surface area (Å²) in [6.45, 7) is 0.510. The number of aliphatic hydroxyl groups is 1. The van der Waals surface area contributed by atoms with Crippen molar-refractivity contribution in [2.45, 2.75) is 38.2 Å². The molecule has 110 valence electrons. The van der Waals surface area contributed by atoms with E-state index < -0.39 is 0 Å². The Bertz CT molecular complexity index is 478. The molecule has 0 aliphatic heterocycles. The summed E-state index contributed by atoms with van der Waals surface area (Å²) in [7, 11) is 0. The number of benzene rings is 1. The number of phenols is 1. The van der Waals surface area contributed by atoms with E-state index in [0.717, 1.165) is 25.7 Å². The minimum atomic E-state index is -0.304. The first-order chi connectivity index (χ1) is 9.56. The third-order valence-electron chi connectivity index (χ3n) is 3.82. The van der Waals surface area contributed by atoms with Gasteiger partial charge in [-0.25, -0.2) is 0 Å². The van der Waals surface area contributed by atoms with Crippen LogP contribution in [0.5, 0.6) is 5.75 Å². The van der Waals surface area contributed by atoms with Gasteiger partial charge in [0.15, 0.2) is 0 Å². The molecule has 1 amide bonds. The smallest absolute Gasteiger partial charge is 0.224 e. The first-order valence-corrected chi connectivity index (χ1v) is 7.36. The van der Waals surface area contributed by atoms with Crippen molar-refractivity contribution in [3.8, 4) is 5.75 Å². The topological polar surface area (TPSA) is 69.6 Å².